The van der Waals surface area contributed by atoms with E-state index >= 15 is 0 Å². The lowest BCUT2D eigenvalue weighted by Gasteiger charge is -2.02. The van der Waals surface area contributed by atoms with Crippen LogP contribution in [0.25, 0.3) is 10.8 Å². The van der Waals surface area contributed by atoms with Gasteiger partial charge in [0.15, 0.2) is 5.78 Å². The number of benzene rings is 2. The fourth-order valence-corrected chi connectivity index (χ4v) is 2.00. The number of carbonyl (C=O) groups excluding carboxylic acids is 1. The number of fused-ring (bicyclic) bond motifs is 1. The highest BCUT2D eigenvalue weighted by Gasteiger charge is 2.05. The third-order valence-electron chi connectivity index (χ3n) is 3.00. The molecule has 1 nitrogen and oxygen atoms in total. The van der Waals surface area contributed by atoms with E-state index in [2.05, 4.69) is 26.0 Å². The van der Waals surface area contributed by atoms with Crippen molar-refractivity contribution in [3.63, 3.8) is 0 Å². The fraction of sp³-hybridized carbons (Fsp3) is 0.235. The summed E-state index contributed by atoms with van der Waals surface area (Å²) in [5.74, 6) is 0.221. The zero-order valence-corrected chi connectivity index (χ0v) is 10.9. The topological polar surface area (TPSA) is 17.1 Å². The molecule has 2 rings (SSSR count). The molecule has 0 N–H and O–H groups in total. The molecule has 0 fully saturated rings. The van der Waals surface area contributed by atoms with Gasteiger partial charge in [0.25, 0.3) is 0 Å². The molecule has 0 unspecified atom stereocenters. The van der Waals surface area contributed by atoms with E-state index in [1.807, 2.05) is 36.4 Å². The molecule has 0 aromatic heterocycles. The van der Waals surface area contributed by atoms with Crippen LogP contribution < -0.4 is 0 Å². The van der Waals surface area contributed by atoms with Gasteiger partial charge in [-0.25, -0.2) is 0 Å². The van der Waals surface area contributed by atoms with Crippen molar-refractivity contribution < 1.29 is 4.79 Å². The SMILES string of the molecule is CC(C)=CCCC(=O)c1ccc2ccccc2c1. The van der Waals surface area contributed by atoms with Crippen LogP contribution in [0, 0.1) is 0 Å². The molecule has 0 atom stereocenters. The predicted molar refractivity (Wildman–Crippen MR) is 76.9 cm³/mol. The second-order valence-electron chi connectivity index (χ2n) is 4.81. The maximum atomic E-state index is 12.0. The van der Waals surface area contributed by atoms with E-state index in [-0.39, 0.29) is 5.78 Å². The number of hydrogen-bond acceptors (Lipinski definition) is 1. The highest BCUT2D eigenvalue weighted by molar-refractivity contribution is 5.99. The van der Waals surface area contributed by atoms with Crippen LogP contribution in [0.2, 0.25) is 0 Å². The molecule has 0 aliphatic rings. The maximum absolute atomic E-state index is 12.0. The Morgan fingerprint density at radius 3 is 2.50 bits per heavy atom. The van der Waals surface area contributed by atoms with Crippen LogP contribution in [0.15, 0.2) is 54.1 Å². The van der Waals surface area contributed by atoms with E-state index in [0.29, 0.717) is 6.42 Å². The highest BCUT2D eigenvalue weighted by atomic mass is 16.1. The first kappa shape index (κ1) is 12.6. The van der Waals surface area contributed by atoms with Gasteiger partial charge in [0.2, 0.25) is 0 Å². The number of allylic oxidation sites excluding steroid dienone is 2. The van der Waals surface area contributed by atoms with Gasteiger partial charge in [-0.05, 0) is 37.1 Å². The van der Waals surface area contributed by atoms with Crippen LogP contribution in [0.5, 0.6) is 0 Å². The lowest BCUT2D eigenvalue weighted by atomic mass is 10.0. The summed E-state index contributed by atoms with van der Waals surface area (Å²) in [6.45, 7) is 4.11. The van der Waals surface area contributed by atoms with Crippen LogP contribution in [0.4, 0.5) is 0 Å². The number of ketones is 1. The van der Waals surface area contributed by atoms with Crippen LogP contribution in [-0.4, -0.2) is 5.78 Å². The second kappa shape index (κ2) is 5.63. The van der Waals surface area contributed by atoms with Gasteiger partial charge in [-0.1, -0.05) is 48.0 Å². The van der Waals surface area contributed by atoms with E-state index in [1.165, 1.54) is 11.0 Å². The van der Waals surface area contributed by atoms with Gasteiger partial charge in [-0.2, -0.15) is 0 Å². The molecule has 0 heterocycles. The molecule has 0 saturated carbocycles. The molecule has 0 amide bonds. The van der Waals surface area contributed by atoms with Gasteiger partial charge in [0.1, 0.15) is 0 Å². The van der Waals surface area contributed by atoms with Gasteiger partial charge in [0, 0.05) is 12.0 Å². The van der Waals surface area contributed by atoms with Crippen LogP contribution in [-0.2, 0) is 0 Å². The lowest BCUT2D eigenvalue weighted by Crippen LogP contribution is -1.98. The Balaban J connectivity index is 2.15. The third-order valence-corrected chi connectivity index (χ3v) is 3.00. The zero-order valence-electron chi connectivity index (χ0n) is 10.9. The first-order valence-electron chi connectivity index (χ1n) is 6.32. The van der Waals surface area contributed by atoms with Crippen molar-refractivity contribution in [2.24, 2.45) is 0 Å². The number of rotatable bonds is 4. The van der Waals surface area contributed by atoms with Gasteiger partial charge in [-0.15, -0.1) is 0 Å². The average molecular weight is 238 g/mol. The Hall–Kier alpha value is -1.89. The Kier molecular flexibility index (Phi) is 3.93. The summed E-state index contributed by atoms with van der Waals surface area (Å²) in [6, 6.07) is 14.0. The summed E-state index contributed by atoms with van der Waals surface area (Å²) >= 11 is 0. The van der Waals surface area contributed by atoms with Crippen molar-refractivity contribution in [1.82, 2.24) is 0 Å². The molecule has 0 spiro atoms. The Bertz CT molecular complexity index is 589. The molecule has 0 radical (unpaired) electrons. The van der Waals surface area contributed by atoms with Crippen molar-refractivity contribution in [3.05, 3.63) is 59.7 Å². The third kappa shape index (κ3) is 3.07. The van der Waals surface area contributed by atoms with Crippen molar-refractivity contribution in [2.75, 3.05) is 0 Å². The molecule has 92 valence electrons. The molecular formula is C17H18O. The van der Waals surface area contributed by atoms with Crippen molar-refractivity contribution >= 4 is 16.6 Å². The van der Waals surface area contributed by atoms with Crippen LogP contribution in [0.3, 0.4) is 0 Å². The van der Waals surface area contributed by atoms with Gasteiger partial charge in [-0.3, -0.25) is 4.79 Å². The zero-order chi connectivity index (χ0) is 13.0. The normalized spacial score (nSPS) is 10.3. The molecule has 0 bridgehead atoms. The van der Waals surface area contributed by atoms with E-state index < -0.39 is 0 Å². The molecule has 18 heavy (non-hydrogen) atoms. The minimum Gasteiger partial charge on any atom is -0.294 e. The first-order chi connectivity index (χ1) is 8.66. The molecule has 2 aromatic rings. The van der Waals surface area contributed by atoms with Crippen molar-refractivity contribution in [3.8, 4) is 0 Å². The lowest BCUT2D eigenvalue weighted by molar-refractivity contribution is 0.0984. The summed E-state index contributed by atoms with van der Waals surface area (Å²) in [7, 11) is 0. The molecule has 2 aromatic carbocycles. The smallest absolute Gasteiger partial charge is 0.163 e. The number of hydrogen-bond donors (Lipinski definition) is 0. The molecule has 0 saturated heterocycles. The minimum atomic E-state index is 0.221. The van der Waals surface area contributed by atoms with Crippen LogP contribution >= 0.6 is 0 Å². The average Bonchev–Trinajstić information content (AvgIpc) is 2.37. The molecule has 0 aliphatic carbocycles. The van der Waals surface area contributed by atoms with E-state index in [0.717, 1.165) is 17.4 Å². The maximum Gasteiger partial charge on any atom is 0.163 e. The highest BCUT2D eigenvalue weighted by Crippen LogP contribution is 2.17. The van der Waals surface area contributed by atoms with Crippen molar-refractivity contribution in [2.45, 2.75) is 26.7 Å². The summed E-state index contributed by atoms with van der Waals surface area (Å²) < 4.78 is 0. The standard InChI is InChI=1S/C17H18O/c1-13(2)6-5-9-17(18)16-11-10-14-7-3-4-8-15(14)12-16/h3-4,6-8,10-12H,5,9H2,1-2H3. The first-order valence-corrected chi connectivity index (χ1v) is 6.32. The summed E-state index contributed by atoms with van der Waals surface area (Å²) in [4.78, 5) is 12.0. The Morgan fingerprint density at radius 2 is 1.78 bits per heavy atom. The summed E-state index contributed by atoms with van der Waals surface area (Å²) in [5, 5.41) is 2.31. The molecular weight excluding hydrogens is 220 g/mol. The van der Waals surface area contributed by atoms with Crippen LogP contribution in [0.1, 0.15) is 37.0 Å². The predicted octanol–water partition coefficient (Wildman–Crippen LogP) is 4.77. The van der Waals surface area contributed by atoms with E-state index in [4.69, 9.17) is 0 Å². The largest absolute Gasteiger partial charge is 0.294 e. The van der Waals surface area contributed by atoms with Gasteiger partial charge in [0.05, 0.1) is 0 Å². The monoisotopic (exact) mass is 238 g/mol. The summed E-state index contributed by atoms with van der Waals surface area (Å²) in [6.07, 6.45) is 3.52. The minimum absolute atomic E-state index is 0.221. The summed E-state index contributed by atoms with van der Waals surface area (Å²) in [5.41, 5.74) is 2.08. The van der Waals surface area contributed by atoms with Gasteiger partial charge < -0.3 is 0 Å². The Morgan fingerprint density at radius 1 is 1.06 bits per heavy atom. The van der Waals surface area contributed by atoms with Gasteiger partial charge >= 0.3 is 0 Å². The number of carbonyl (C=O) groups is 1. The van der Waals surface area contributed by atoms with Crippen molar-refractivity contribution in [1.29, 1.82) is 0 Å². The molecule has 0 aliphatic heterocycles. The number of Topliss-reactive ketones (excluding diaryl/α,β-unsaturated/α-hetero) is 1. The quantitative estimate of drug-likeness (QED) is 0.554. The van der Waals surface area contributed by atoms with E-state index in [9.17, 15) is 4.79 Å². The fourth-order valence-electron chi connectivity index (χ4n) is 2.00. The Labute approximate surface area is 108 Å². The van der Waals surface area contributed by atoms with E-state index in [1.54, 1.807) is 0 Å². The molecule has 1 heteroatoms. The second-order valence-corrected chi connectivity index (χ2v) is 4.81.